The van der Waals surface area contributed by atoms with Crippen LogP contribution in [0.3, 0.4) is 0 Å². The molecular weight excluding hydrogens is 462 g/mol. The van der Waals surface area contributed by atoms with Gasteiger partial charge in [-0.1, -0.05) is 12.1 Å². The van der Waals surface area contributed by atoms with Gasteiger partial charge in [0.15, 0.2) is 15.8 Å². The van der Waals surface area contributed by atoms with Crippen molar-refractivity contribution in [3.05, 3.63) is 30.1 Å². The van der Waals surface area contributed by atoms with Crippen LogP contribution in [0.15, 0.2) is 34.2 Å². The predicted octanol–water partition coefficient (Wildman–Crippen LogP) is 0.861. The van der Waals surface area contributed by atoms with Gasteiger partial charge in [0.2, 0.25) is 5.91 Å². The van der Waals surface area contributed by atoms with E-state index in [4.69, 9.17) is 0 Å². The summed E-state index contributed by atoms with van der Waals surface area (Å²) in [6, 6.07) is 5.25. The molecule has 1 amide bonds. The van der Waals surface area contributed by atoms with Gasteiger partial charge in [-0.25, -0.2) is 17.8 Å². The molecule has 1 rings (SSSR count). The Kier molecular flexibility index (Phi) is 10.6. The average molecular weight is 486 g/mol. The second-order valence-corrected chi connectivity index (χ2v) is 7.24. The quantitative estimate of drug-likeness (QED) is 0.339. The van der Waals surface area contributed by atoms with Crippen LogP contribution >= 0.6 is 24.0 Å². The zero-order valence-electron chi connectivity index (χ0n) is 14.5. The minimum absolute atomic E-state index is 0. The van der Waals surface area contributed by atoms with Gasteiger partial charge in [-0.3, -0.25) is 4.79 Å². The van der Waals surface area contributed by atoms with Crippen molar-refractivity contribution in [3.8, 4) is 0 Å². The summed E-state index contributed by atoms with van der Waals surface area (Å²) < 4.78 is 37.9. The molecule has 0 fully saturated rings. The molecule has 2 N–H and O–H groups in total. The number of guanidine groups is 1. The van der Waals surface area contributed by atoms with Crippen molar-refractivity contribution in [1.29, 1.82) is 0 Å². The van der Waals surface area contributed by atoms with Crippen LogP contribution in [0.2, 0.25) is 0 Å². The highest BCUT2D eigenvalue weighted by atomic mass is 127. The van der Waals surface area contributed by atoms with Crippen LogP contribution < -0.4 is 10.6 Å². The fourth-order valence-electron chi connectivity index (χ4n) is 1.74. The molecule has 1 aromatic carbocycles. The molecule has 1 aromatic rings. The molecule has 0 bridgehead atoms. The number of sulfone groups is 1. The van der Waals surface area contributed by atoms with E-state index in [9.17, 15) is 17.6 Å². The van der Waals surface area contributed by atoms with Crippen LogP contribution in [-0.4, -0.2) is 64.7 Å². The number of likely N-dealkylation sites (N-methyl/N-ethyl adjacent to an activating group) is 1. The van der Waals surface area contributed by atoms with Gasteiger partial charge in [-0.05, 0) is 19.1 Å². The molecule has 0 aliphatic heterocycles. The Morgan fingerprint density at radius 1 is 1.24 bits per heavy atom. The minimum atomic E-state index is -3.74. The summed E-state index contributed by atoms with van der Waals surface area (Å²) in [5.74, 6) is -0.905. The molecule has 0 unspecified atom stereocenters. The third kappa shape index (κ3) is 7.99. The van der Waals surface area contributed by atoms with Crippen LogP contribution in [0, 0.1) is 5.82 Å². The number of rotatable bonds is 7. The van der Waals surface area contributed by atoms with E-state index in [1.54, 1.807) is 14.1 Å². The summed E-state index contributed by atoms with van der Waals surface area (Å²) in [7, 11) is -0.493. The van der Waals surface area contributed by atoms with E-state index in [0.717, 1.165) is 6.07 Å². The number of hydrogen-bond donors (Lipinski definition) is 2. The van der Waals surface area contributed by atoms with Gasteiger partial charge in [-0.15, -0.1) is 24.0 Å². The van der Waals surface area contributed by atoms with Gasteiger partial charge in [0.05, 0.1) is 5.75 Å². The SMILES string of the molecule is CCNC(=NCC(=O)N(C)C)NCCS(=O)(=O)c1ccccc1F.I. The Balaban J connectivity index is 0.00000576. The highest BCUT2D eigenvalue weighted by molar-refractivity contribution is 14.0. The van der Waals surface area contributed by atoms with Gasteiger partial charge in [0.1, 0.15) is 17.3 Å². The predicted molar refractivity (Wildman–Crippen MR) is 107 cm³/mol. The Labute approximate surface area is 165 Å². The third-order valence-electron chi connectivity index (χ3n) is 3.05. The number of carbonyl (C=O) groups is 1. The van der Waals surface area contributed by atoms with E-state index in [1.807, 2.05) is 6.92 Å². The van der Waals surface area contributed by atoms with Crippen molar-refractivity contribution in [2.24, 2.45) is 4.99 Å². The Bertz CT molecular complexity index is 696. The second-order valence-electron chi connectivity index (χ2n) is 5.16. The van der Waals surface area contributed by atoms with Crippen LogP contribution in [0.5, 0.6) is 0 Å². The highest BCUT2D eigenvalue weighted by Gasteiger charge is 2.18. The summed E-state index contributed by atoms with van der Waals surface area (Å²) in [5, 5.41) is 5.74. The van der Waals surface area contributed by atoms with Crippen molar-refractivity contribution in [2.75, 3.05) is 39.5 Å². The Hall–Kier alpha value is -1.43. The van der Waals surface area contributed by atoms with Gasteiger partial charge >= 0.3 is 0 Å². The van der Waals surface area contributed by atoms with E-state index in [2.05, 4.69) is 15.6 Å². The summed E-state index contributed by atoms with van der Waals surface area (Å²) >= 11 is 0. The highest BCUT2D eigenvalue weighted by Crippen LogP contribution is 2.14. The molecule has 25 heavy (non-hydrogen) atoms. The summed E-state index contributed by atoms with van der Waals surface area (Å²) in [4.78, 5) is 16.7. The summed E-state index contributed by atoms with van der Waals surface area (Å²) in [6.07, 6.45) is 0. The maximum Gasteiger partial charge on any atom is 0.243 e. The minimum Gasteiger partial charge on any atom is -0.357 e. The number of hydrogen-bond acceptors (Lipinski definition) is 4. The zero-order chi connectivity index (χ0) is 18.2. The van der Waals surface area contributed by atoms with Gasteiger partial charge in [-0.2, -0.15) is 0 Å². The first-order chi connectivity index (χ1) is 11.3. The second kappa shape index (κ2) is 11.2. The number of nitrogens with one attached hydrogen (secondary N) is 2. The summed E-state index contributed by atoms with van der Waals surface area (Å²) in [6.45, 7) is 2.39. The van der Waals surface area contributed by atoms with Crippen molar-refractivity contribution >= 4 is 45.7 Å². The monoisotopic (exact) mass is 486 g/mol. The zero-order valence-corrected chi connectivity index (χ0v) is 17.6. The molecule has 0 atom stereocenters. The molecule has 7 nitrogen and oxygen atoms in total. The van der Waals surface area contributed by atoms with Gasteiger partial charge in [0.25, 0.3) is 0 Å². The van der Waals surface area contributed by atoms with Gasteiger partial charge < -0.3 is 15.5 Å². The van der Waals surface area contributed by atoms with E-state index in [-0.39, 0.29) is 53.6 Å². The molecule has 0 radical (unpaired) electrons. The lowest BCUT2D eigenvalue weighted by Gasteiger charge is -2.13. The van der Waals surface area contributed by atoms with Crippen molar-refractivity contribution in [3.63, 3.8) is 0 Å². The molecule has 0 aromatic heterocycles. The number of nitrogens with zero attached hydrogens (tertiary/aromatic N) is 2. The lowest BCUT2D eigenvalue weighted by atomic mass is 10.3. The van der Waals surface area contributed by atoms with Crippen LogP contribution in [0.4, 0.5) is 4.39 Å². The maximum atomic E-state index is 13.6. The van der Waals surface area contributed by atoms with Gasteiger partial charge in [0, 0.05) is 27.2 Å². The number of benzene rings is 1. The average Bonchev–Trinajstić information content (AvgIpc) is 2.52. The smallest absolute Gasteiger partial charge is 0.243 e. The molecule has 0 aliphatic carbocycles. The maximum absolute atomic E-state index is 13.6. The van der Waals surface area contributed by atoms with E-state index in [0.29, 0.717) is 12.5 Å². The molecule has 0 heterocycles. The lowest BCUT2D eigenvalue weighted by Crippen LogP contribution is -2.40. The first-order valence-corrected chi connectivity index (χ1v) is 9.12. The molecule has 142 valence electrons. The first-order valence-electron chi connectivity index (χ1n) is 7.47. The molecule has 10 heteroatoms. The van der Waals surface area contributed by atoms with Crippen LogP contribution in [-0.2, 0) is 14.6 Å². The fourth-order valence-corrected chi connectivity index (χ4v) is 2.98. The van der Waals surface area contributed by atoms with Crippen molar-refractivity contribution in [1.82, 2.24) is 15.5 Å². The van der Waals surface area contributed by atoms with Crippen molar-refractivity contribution < 1.29 is 17.6 Å². The Morgan fingerprint density at radius 3 is 2.44 bits per heavy atom. The standard InChI is InChI=1S/C15H23FN4O3S.HI/c1-4-17-15(19-11-14(21)20(2)3)18-9-10-24(22,23)13-8-6-5-7-12(13)16;/h5-8H,4,9-11H2,1-3H3,(H2,17,18,19);1H. The lowest BCUT2D eigenvalue weighted by molar-refractivity contribution is -0.127. The number of aliphatic imine (C=N–C) groups is 1. The number of amides is 1. The summed E-state index contributed by atoms with van der Waals surface area (Å²) in [5.41, 5.74) is 0. The largest absolute Gasteiger partial charge is 0.357 e. The van der Waals surface area contributed by atoms with Crippen LogP contribution in [0.1, 0.15) is 6.92 Å². The Morgan fingerprint density at radius 2 is 1.88 bits per heavy atom. The third-order valence-corrected chi connectivity index (χ3v) is 4.79. The van der Waals surface area contributed by atoms with E-state index < -0.39 is 15.7 Å². The first kappa shape index (κ1) is 23.6. The fraction of sp³-hybridized carbons (Fsp3) is 0.467. The number of halogens is 2. The molecular formula is C15H24FIN4O3S. The normalized spacial score (nSPS) is 11.4. The molecule has 0 spiro atoms. The molecule has 0 saturated carbocycles. The topological polar surface area (TPSA) is 90.9 Å². The van der Waals surface area contributed by atoms with E-state index in [1.165, 1.54) is 23.1 Å². The molecule has 0 aliphatic rings. The van der Waals surface area contributed by atoms with E-state index >= 15 is 0 Å². The molecule has 0 saturated heterocycles. The number of carbonyl (C=O) groups excluding carboxylic acids is 1. The van der Waals surface area contributed by atoms with Crippen LogP contribution in [0.25, 0.3) is 0 Å². The van der Waals surface area contributed by atoms with Crippen molar-refractivity contribution in [2.45, 2.75) is 11.8 Å².